The average molecular weight is 468 g/mol. The normalized spacial score (nSPS) is 10.9. The van der Waals surface area contributed by atoms with Crippen LogP contribution in [0, 0.1) is 5.82 Å². The van der Waals surface area contributed by atoms with Crippen LogP contribution in [0.3, 0.4) is 0 Å². The molecule has 0 aliphatic heterocycles. The minimum absolute atomic E-state index is 0.00339. The van der Waals surface area contributed by atoms with Crippen molar-refractivity contribution in [1.82, 2.24) is 14.1 Å². The van der Waals surface area contributed by atoms with Crippen LogP contribution in [0.1, 0.15) is 10.4 Å². The van der Waals surface area contributed by atoms with Crippen LogP contribution in [0.25, 0.3) is 0 Å². The summed E-state index contributed by atoms with van der Waals surface area (Å²) in [6.45, 7) is 0. The van der Waals surface area contributed by atoms with Crippen molar-refractivity contribution < 1.29 is 22.3 Å². The molecule has 156 valence electrons. The summed E-state index contributed by atoms with van der Waals surface area (Å²) in [5, 5.41) is 5.21. The maximum atomic E-state index is 12.9. The van der Waals surface area contributed by atoms with Crippen molar-refractivity contribution in [2.24, 2.45) is 0 Å². The number of nitrogens with one attached hydrogen (secondary N) is 3. The fourth-order valence-electron chi connectivity index (χ4n) is 2.22. The molecule has 0 aliphatic rings. The predicted octanol–water partition coefficient (Wildman–Crippen LogP) is 2.61. The van der Waals surface area contributed by atoms with Crippen molar-refractivity contribution in [3.8, 4) is 5.88 Å². The van der Waals surface area contributed by atoms with Gasteiger partial charge in [-0.3, -0.25) is 14.8 Å². The Bertz CT molecular complexity index is 1160. The molecule has 0 radical (unpaired) electrons. The molecule has 1 amide bonds. The average Bonchev–Trinajstić information content (AvgIpc) is 3.15. The second-order valence-electron chi connectivity index (χ2n) is 5.67. The Balaban J connectivity index is 1.63. The first-order chi connectivity index (χ1) is 14.3. The SMILES string of the molecule is COc1nsnc1NS(=O)(=O)c1ccc(NC(=S)NC(=O)c2ccc(F)cc2)cc1. The van der Waals surface area contributed by atoms with Crippen LogP contribution in [0.5, 0.6) is 5.88 Å². The lowest BCUT2D eigenvalue weighted by Gasteiger charge is -2.11. The topological polar surface area (TPSA) is 122 Å². The maximum Gasteiger partial charge on any atom is 0.271 e. The lowest BCUT2D eigenvalue weighted by Crippen LogP contribution is -2.34. The molecule has 30 heavy (non-hydrogen) atoms. The number of ether oxygens (including phenoxy) is 1. The highest BCUT2D eigenvalue weighted by atomic mass is 32.2. The summed E-state index contributed by atoms with van der Waals surface area (Å²) in [5.41, 5.74) is 0.686. The van der Waals surface area contributed by atoms with E-state index in [-0.39, 0.29) is 27.3 Å². The van der Waals surface area contributed by atoms with Gasteiger partial charge in [-0.1, -0.05) is 0 Å². The zero-order chi connectivity index (χ0) is 21.7. The molecule has 0 fully saturated rings. The highest BCUT2D eigenvalue weighted by Crippen LogP contribution is 2.24. The van der Waals surface area contributed by atoms with Crippen LogP contribution in [-0.2, 0) is 10.0 Å². The van der Waals surface area contributed by atoms with Crippen molar-refractivity contribution in [2.75, 3.05) is 17.1 Å². The van der Waals surface area contributed by atoms with Gasteiger partial charge in [0.15, 0.2) is 5.11 Å². The number of carbonyl (C=O) groups excluding carboxylic acids is 1. The van der Waals surface area contributed by atoms with Crippen molar-refractivity contribution in [1.29, 1.82) is 0 Å². The molecule has 2 aromatic carbocycles. The van der Waals surface area contributed by atoms with Gasteiger partial charge < -0.3 is 10.1 Å². The number of amides is 1. The number of benzene rings is 2. The smallest absolute Gasteiger partial charge is 0.271 e. The third-order valence-corrected chi connectivity index (χ3v) is 5.71. The lowest BCUT2D eigenvalue weighted by atomic mass is 10.2. The van der Waals surface area contributed by atoms with E-state index in [4.69, 9.17) is 17.0 Å². The number of sulfonamides is 1. The monoisotopic (exact) mass is 467 g/mol. The minimum atomic E-state index is -3.91. The summed E-state index contributed by atoms with van der Waals surface area (Å²) >= 11 is 5.88. The van der Waals surface area contributed by atoms with E-state index in [1.54, 1.807) is 0 Å². The van der Waals surface area contributed by atoms with E-state index < -0.39 is 21.7 Å². The Morgan fingerprint density at radius 2 is 1.77 bits per heavy atom. The molecule has 9 nitrogen and oxygen atoms in total. The molecule has 0 aliphatic carbocycles. The molecule has 3 N–H and O–H groups in total. The Kier molecular flexibility index (Phi) is 6.54. The van der Waals surface area contributed by atoms with Gasteiger partial charge in [0, 0.05) is 11.3 Å². The number of carbonyl (C=O) groups is 1. The summed E-state index contributed by atoms with van der Waals surface area (Å²) in [6, 6.07) is 10.6. The molecular weight excluding hydrogens is 453 g/mol. The molecule has 3 aromatic rings. The molecule has 13 heteroatoms. The van der Waals surface area contributed by atoms with Gasteiger partial charge in [0.2, 0.25) is 5.82 Å². The van der Waals surface area contributed by atoms with Gasteiger partial charge in [-0.2, -0.15) is 4.37 Å². The van der Waals surface area contributed by atoms with Crippen LogP contribution in [-0.4, -0.2) is 35.3 Å². The van der Waals surface area contributed by atoms with E-state index in [9.17, 15) is 17.6 Å². The summed E-state index contributed by atoms with van der Waals surface area (Å²) in [6.07, 6.45) is 0. The molecular formula is C17H14FN5O4S3. The Hall–Kier alpha value is -3.16. The quantitative estimate of drug-likeness (QED) is 0.473. The van der Waals surface area contributed by atoms with E-state index >= 15 is 0 Å². The first kappa shape index (κ1) is 21.5. The third-order valence-electron chi connectivity index (χ3n) is 3.64. The van der Waals surface area contributed by atoms with E-state index in [1.807, 2.05) is 0 Å². The number of hydrogen-bond donors (Lipinski definition) is 3. The molecule has 0 unspecified atom stereocenters. The van der Waals surface area contributed by atoms with E-state index in [2.05, 4.69) is 24.1 Å². The Labute approximate surface area is 180 Å². The summed E-state index contributed by atoms with van der Waals surface area (Å²) < 4.78 is 52.7. The van der Waals surface area contributed by atoms with Gasteiger partial charge in [0.25, 0.3) is 21.8 Å². The number of rotatable bonds is 6. The summed E-state index contributed by atoms with van der Waals surface area (Å²) in [5.74, 6) is -0.901. The zero-order valence-corrected chi connectivity index (χ0v) is 17.7. The van der Waals surface area contributed by atoms with Gasteiger partial charge >= 0.3 is 0 Å². The van der Waals surface area contributed by atoms with Crippen LogP contribution in [0.15, 0.2) is 53.4 Å². The molecule has 0 atom stereocenters. The number of hydrogen-bond acceptors (Lipinski definition) is 8. The van der Waals surface area contributed by atoms with Crippen LogP contribution in [0.2, 0.25) is 0 Å². The van der Waals surface area contributed by atoms with Gasteiger partial charge in [0.1, 0.15) is 5.82 Å². The highest BCUT2D eigenvalue weighted by molar-refractivity contribution is 7.92. The number of methoxy groups -OCH3 is 1. The lowest BCUT2D eigenvalue weighted by molar-refractivity contribution is 0.0977. The Morgan fingerprint density at radius 1 is 1.10 bits per heavy atom. The van der Waals surface area contributed by atoms with Crippen molar-refractivity contribution in [2.45, 2.75) is 4.90 Å². The molecule has 0 spiro atoms. The number of anilines is 2. The second kappa shape index (κ2) is 9.11. The zero-order valence-electron chi connectivity index (χ0n) is 15.2. The number of halogens is 1. The van der Waals surface area contributed by atoms with E-state index in [1.165, 1.54) is 43.5 Å². The first-order valence-electron chi connectivity index (χ1n) is 8.16. The first-order valence-corrected chi connectivity index (χ1v) is 10.8. The third kappa shape index (κ3) is 5.25. The van der Waals surface area contributed by atoms with Crippen LogP contribution in [0.4, 0.5) is 15.9 Å². The molecule has 0 bridgehead atoms. The van der Waals surface area contributed by atoms with Crippen LogP contribution < -0.4 is 20.1 Å². The number of aromatic nitrogens is 2. The van der Waals surface area contributed by atoms with Crippen molar-refractivity contribution >= 4 is 56.5 Å². The summed E-state index contributed by atoms with van der Waals surface area (Å²) in [7, 11) is -2.55. The van der Waals surface area contributed by atoms with Gasteiger partial charge in [-0.05, 0) is 60.7 Å². The van der Waals surface area contributed by atoms with E-state index in [0.29, 0.717) is 5.69 Å². The summed E-state index contributed by atoms with van der Waals surface area (Å²) in [4.78, 5) is 12.1. The van der Waals surface area contributed by atoms with Gasteiger partial charge in [0.05, 0.1) is 23.7 Å². The number of thiocarbonyl (C=S) groups is 1. The van der Waals surface area contributed by atoms with Crippen molar-refractivity contribution in [3.63, 3.8) is 0 Å². The van der Waals surface area contributed by atoms with Gasteiger partial charge in [-0.25, -0.2) is 12.8 Å². The van der Waals surface area contributed by atoms with E-state index in [0.717, 1.165) is 23.9 Å². The highest BCUT2D eigenvalue weighted by Gasteiger charge is 2.19. The maximum absolute atomic E-state index is 12.9. The van der Waals surface area contributed by atoms with Crippen molar-refractivity contribution in [3.05, 3.63) is 59.9 Å². The molecule has 3 rings (SSSR count). The molecule has 1 aromatic heterocycles. The largest absolute Gasteiger partial charge is 0.478 e. The molecule has 1 heterocycles. The minimum Gasteiger partial charge on any atom is -0.478 e. The Morgan fingerprint density at radius 3 is 2.40 bits per heavy atom. The fourth-order valence-corrected chi connectivity index (χ4v) is 3.97. The predicted molar refractivity (Wildman–Crippen MR) is 114 cm³/mol. The standard InChI is InChI=1S/C17H14FN5O4S3/c1-27-16-14(21-29-22-16)23-30(25,26)13-8-6-12(7-9-13)19-17(28)20-15(24)10-2-4-11(18)5-3-10/h2-9H,1H3,(H,21,23)(H2,19,20,24,28). The second-order valence-corrected chi connectivity index (χ2v) is 8.29. The molecule has 0 saturated carbocycles. The number of nitrogens with zero attached hydrogens (tertiary/aromatic N) is 2. The van der Waals surface area contributed by atoms with Gasteiger partial charge in [-0.15, -0.1) is 4.37 Å². The molecule has 0 saturated heterocycles. The van der Waals surface area contributed by atoms with Crippen LogP contribution >= 0.6 is 23.9 Å². The fraction of sp³-hybridized carbons (Fsp3) is 0.0588.